The maximum Gasteiger partial charge on any atom is 0.276 e. The molecular weight excluding hydrogens is 436 g/mol. The van der Waals surface area contributed by atoms with Crippen molar-refractivity contribution >= 4 is 28.9 Å². The number of hydrogen-bond donors (Lipinski definition) is 0. The molecule has 3 aromatic rings. The second-order valence-corrected chi connectivity index (χ2v) is 7.72. The van der Waals surface area contributed by atoms with Crippen LogP contribution in [-0.2, 0) is 0 Å². The highest BCUT2D eigenvalue weighted by Gasteiger charge is 2.27. The first-order valence-corrected chi connectivity index (χ1v) is 10.3. The first-order chi connectivity index (χ1) is 15.4. The Kier molecular flexibility index (Phi) is 5.95. The monoisotopic (exact) mass is 456 g/mol. The fourth-order valence-corrected chi connectivity index (χ4v) is 3.97. The zero-order valence-electron chi connectivity index (χ0n) is 17.6. The van der Waals surface area contributed by atoms with Crippen molar-refractivity contribution in [1.29, 1.82) is 0 Å². The lowest BCUT2D eigenvalue weighted by atomic mass is 10.2. The maximum absolute atomic E-state index is 13.1. The van der Waals surface area contributed by atoms with E-state index < -0.39 is 4.92 Å². The standard InChI is InChI=1S/C21H21ClN6O4/c1-14-20(23-24-27(14)15-4-3-5-17(12-15)32-2)21(29)26-10-8-25(9-11-26)19-7-6-16(28(30)31)13-18(19)22/h3-7,12-13H,8-11H2,1-2H3. The molecule has 0 aliphatic carbocycles. The number of non-ortho nitro benzene ring substituents is 1. The van der Waals surface area contributed by atoms with Crippen LogP contribution < -0.4 is 9.64 Å². The molecule has 32 heavy (non-hydrogen) atoms. The molecule has 1 aliphatic heterocycles. The lowest BCUT2D eigenvalue weighted by Gasteiger charge is -2.36. The lowest BCUT2D eigenvalue weighted by Crippen LogP contribution is -2.49. The molecule has 0 N–H and O–H groups in total. The molecule has 4 rings (SSSR count). The summed E-state index contributed by atoms with van der Waals surface area (Å²) in [6.07, 6.45) is 0. The quantitative estimate of drug-likeness (QED) is 0.429. The minimum absolute atomic E-state index is 0.0536. The number of amides is 1. The van der Waals surface area contributed by atoms with Gasteiger partial charge in [0.25, 0.3) is 11.6 Å². The zero-order valence-corrected chi connectivity index (χ0v) is 18.3. The third-order valence-electron chi connectivity index (χ3n) is 5.44. The molecule has 0 spiro atoms. The SMILES string of the molecule is COc1cccc(-n2nnc(C(=O)N3CCN(c4ccc([N+](=O)[O-])cc4Cl)CC3)c2C)c1. The molecule has 1 saturated heterocycles. The summed E-state index contributed by atoms with van der Waals surface area (Å²) in [5.74, 6) is 0.498. The number of methoxy groups -OCH3 is 1. The smallest absolute Gasteiger partial charge is 0.276 e. The molecule has 1 fully saturated rings. The Morgan fingerprint density at radius 3 is 2.56 bits per heavy atom. The van der Waals surface area contributed by atoms with Crippen LogP contribution in [0.5, 0.6) is 5.75 Å². The van der Waals surface area contributed by atoms with Crippen LogP contribution in [0.2, 0.25) is 5.02 Å². The molecular formula is C21H21ClN6O4. The summed E-state index contributed by atoms with van der Waals surface area (Å²) in [6.45, 7) is 3.84. The zero-order chi connectivity index (χ0) is 22.8. The maximum atomic E-state index is 13.1. The normalized spacial score (nSPS) is 13.8. The van der Waals surface area contributed by atoms with E-state index >= 15 is 0 Å². The molecule has 0 saturated carbocycles. The third kappa shape index (κ3) is 4.09. The van der Waals surface area contributed by atoms with E-state index in [0.29, 0.717) is 54.0 Å². The molecule has 11 heteroatoms. The van der Waals surface area contributed by atoms with Gasteiger partial charge in [-0.05, 0) is 25.1 Å². The third-order valence-corrected chi connectivity index (χ3v) is 5.75. The lowest BCUT2D eigenvalue weighted by molar-refractivity contribution is -0.384. The van der Waals surface area contributed by atoms with Gasteiger partial charge in [-0.2, -0.15) is 0 Å². The molecule has 2 heterocycles. The number of anilines is 1. The van der Waals surface area contributed by atoms with Crippen LogP contribution in [0.4, 0.5) is 11.4 Å². The fourth-order valence-electron chi connectivity index (χ4n) is 3.68. The van der Waals surface area contributed by atoms with Gasteiger partial charge in [0, 0.05) is 44.4 Å². The molecule has 0 unspecified atom stereocenters. The number of benzene rings is 2. The van der Waals surface area contributed by atoms with E-state index in [-0.39, 0.29) is 11.6 Å². The summed E-state index contributed by atoms with van der Waals surface area (Å²) in [5, 5.41) is 19.5. The summed E-state index contributed by atoms with van der Waals surface area (Å²) in [5.41, 5.74) is 2.36. The summed E-state index contributed by atoms with van der Waals surface area (Å²) in [7, 11) is 1.59. The topological polar surface area (TPSA) is 107 Å². The van der Waals surface area contributed by atoms with Crippen molar-refractivity contribution in [2.24, 2.45) is 0 Å². The summed E-state index contributed by atoms with van der Waals surface area (Å²) in [4.78, 5) is 27.3. The number of ether oxygens (including phenoxy) is 1. The minimum atomic E-state index is -0.479. The Balaban J connectivity index is 1.46. The number of rotatable bonds is 5. The summed E-state index contributed by atoms with van der Waals surface area (Å²) in [6, 6.07) is 11.8. The van der Waals surface area contributed by atoms with Gasteiger partial charge in [0.2, 0.25) is 0 Å². The van der Waals surface area contributed by atoms with Gasteiger partial charge in [-0.1, -0.05) is 22.9 Å². The largest absolute Gasteiger partial charge is 0.497 e. The van der Waals surface area contributed by atoms with Crippen molar-refractivity contribution in [3.05, 3.63) is 69.0 Å². The first-order valence-electron chi connectivity index (χ1n) is 9.94. The van der Waals surface area contributed by atoms with E-state index in [0.717, 1.165) is 5.69 Å². The van der Waals surface area contributed by atoms with Crippen molar-refractivity contribution in [3.8, 4) is 11.4 Å². The highest BCUT2D eigenvalue weighted by molar-refractivity contribution is 6.33. The van der Waals surface area contributed by atoms with Crippen molar-refractivity contribution < 1.29 is 14.5 Å². The molecule has 0 bridgehead atoms. The van der Waals surface area contributed by atoms with E-state index in [1.165, 1.54) is 12.1 Å². The predicted molar refractivity (Wildman–Crippen MR) is 119 cm³/mol. The number of hydrogen-bond acceptors (Lipinski definition) is 7. The number of carbonyl (C=O) groups is 1. The molecule has 1 aromatic heterocycles. The van der Waals surface area contributed by atoms with Crippen LogP contribution in [0.1, 0.15) is 16.2 Å². The minimum Gasteiger partial charge on any atom is -0.497 e. The molecule has 166 valence electrons. The summed E-state index contributed by atoms with van der Waals surface area (Å²) >= 11 is 6.25. The van der Waals surface area contributed by atoms with Crippen LogP contribution in [0.3, 0.4) is 0 Å². The molecule has 1 aliphatic rings. The molecule has 10 nitrogen and oxygen atoms in total. The number of nitro benzene ring substituents is 1. The Bertz CT molecular complexity index is 1170. The molecule has 0 radical (unpaired) electrons. The van der Waals surface area contributed by atoms with E-state index in [1.54, 1.807) is 29.7 Å². The van der Waals surface area contributed by atoms with Crippen molar-refractivity contribution in [2.45, 2.75) is 6.92 Å². The number of piperazine rings is 1. The summed E-state index contributed by atoms with van der Waals surface area (Å²) < 4.78 is 6.87. The number of nitrogens with zero attached hydrogens (tertiary/aromatic N) is 6. The van der Waals surface area contributed by atoms with Crippen LogP contribution in [-0.4, -0.2) is 64.0 Å². The first kappa shape index (κ1) is 21.6. The van der Waals surface area contributed by atoms with Gasteiger partial charge in [-0.25, -0.2) is 4.68 Å². The van der Waals surface area contributed by atoms with Crippen molar-refractivity contribution in [2.75, 3.05) is 38.2 Å². The van der Waals surface area contributed by atoms with Gasteiger partial charge in [0.1, 0.15) is 5.75 Å². The average Bonchev–Trinajstić information content (AvgIpc) is 3.20. The molecule has 1 amide bonds. The Hall–Kier alpha value is -3.66. The van der Waals surface area contributed by atoms with Crippen molar-refractivity contribution in [1.82, 2.24) is 19.9 Å². The van der Waals surface area contributed by atoms with Crippen LogP contribution in [0.15, 0.2) is 42.5 Å². The second kappa shape index (κ2) is 8.83. The van der Waals surface area contributed by atoms with Crippen LogP contribution in [0.25, 0.3) is 5.69 Å². The van der Waals surface area contributed by atoms with Gasteiger partial charge in [-0.3, -0.25) is 14.9 Å². The number of carbonyl (C=O) groups excluding carboxylic acids is 1. The highest BCUT2D eigenvalue weighted by atomic mass is 35.5. The molecule has 0 atom stereocenters. The number of aromatic nitrogens is 3. The van der Waals surface area contributed by atoms with Gasteiger partial charge in [-0.15, -0.1) is 5.10 Å². The van der Waals surface area contributed by atoms with Gasteiger partial charge >= 0.3 is 0 Å². The van der Waals surface area contributed by atoms with E-state index in [1.807, 2.05) is 29.2 Å². The van der Waals surface area contributed by atoms with E-state index in [9.17, 15) is 14.9 Å². The van der Waals surface area contributed by atoms with Gasteiger partial charge in [0.15, 0.2) is 5.69 Å². The Morgan fingerprint density at radius 2 is 1.91 bits per heavy atom. The average molecular weight is 457 g/mol. The fraction of sp³-hybridized carbons (Fsp3) is 0.286. The van der Waals surface area contributed by atoms with E-state index in [2.05, 4.69) is 10.3 Å². The van der Waals surface area contributed by atoms with Crippen LogP contribution >= 0.6 is 11.6 Å². The van der Waals surface area contributed by atoms with Crippen LogP contribution in [0, 0.1) is 17.0 Å². The van der Waals surface area contributed by atoms with Gasteiger partial charge < -0.3 is 14.5 Å². The Morgan fingerprint density at radius 1 is 1.16 bits per heavy atom. The number of halogens is 1. The van der Waals surface area contributed by atoms with E-state index in [4.69, 9.17) is 16.3 Å². The molecule has 2 aromatic carbocycles. The second-order valence-electron chi connectivity index (χ2n) is 7.31. The predicted octanol–water partition coefficient (Wildman–Crippen LogP) is 3.11. The van der Waals surface area contributed by atoms with Gasteiger partial charge in [0.05, 0.1) is 34.1 Å². The Labute approximate surface area is 189 Å². The van der Waals surface area contributed by atoms with Crippen molar-refractivity contribution in [3.63, 3.8) is 0 Å². The highest BCUT2D eigenvalue weighted by Crippen LogP contribution is 2.30. The number of nitro groups is 1.